The predicted octanol–water partition coefficient (Wildman–Crippen LogP) is 2.01. The van der Waals surface area contributed by atoms with Crippen LogP contribution in [0.3, 0.4) is 0 Å². The van der Waals surface area contributed by atoms with Crippen molar-refractivity contribution in [3.8, 4) is 11.5 Å². The average Bonchev–Trinajstić information content (AvgIpc) is 2.50. The van der Waals surface area contributed by atoms with Crippen molar-refractivity contribution in [3.05, 3.63) is 24.3 Å². The lowest BCUT2D eigenvalue weighted by atomic mass is 10.0. The second kappa shape index (κ2) is 7.75. The van der Waals surface area contributed by atoms with Crippen molar-refractivity contribution < 1.29 is 19.0 Å². The summed E-state index contributed by atoms with van der Waals surface area (Å²) in [5.74, 6) is 0.888. The van der Waals surface area contributed by atoms with Gasteiger partial charge in [-0.3, -0.25) is 5.32 Å². The van der Waals surface area contributed by atoms with Crippen molar-refractivity contribution in [2.75, 3.05) is 27.4 Å². The molecule has 0 aliphatic rings. The van der Waals surface area contributed by atoms with E-state index in [0.717, 1.165) is 6.42 Å². The first kappa shape index (κ1) is 16.3. The van der Waals surface area contributed by atoms with Gasteiger partial charge in [-0.2, -0.15) is 0 Å². The molecule has 1 unspecified atom stereocenters. The summed E-state index contributed by atoms with van der Waals surface area (Å²) in [7, 11) is 2.95. The topological polar surface area (TPSA) is 56.8 Å². The standard InChI is InChI=1S/C15H23NO4/c1-5-10-16-15(2,14(17)19-4)11-20-13-9-7-6-8-12(13)18-3/h6-9,16H,5,10-11H2,1-4H3. The molecule has 0 amide bonds. The zero-order valence-electron chi connectivity index (χ0n) is 12.6. The van der Waals surface area contributed by atoms with Gasteiger partial charge in [-0.15, -0.1) is 0 Å². The van der Waals surface area contributed by atoms with Crippen molar-refractivity contribution in [3.63, 3.8) is 0 Å². The van der Waals surface area contributed by atoms with E-state index in [2.05, 4.69) is 5.32 Å². The Balaban J connectivity index is 2.78. The minimum absolute atomic E-state index is 0.167. The summed E-state index contributed by atoms with van der Waals surface area (Å²) in [6, 6.07) is 7.33. The van der Waals surface area contributed by atoms with Crippen LogP contribution in [0, 0.1) is 0 Å². The van der Waals surface area contributed by atoms with Gasteiger partial charge in [0.15, 0.2) is 11.5 Å². The molecule has 20 heavy (non-hydrogen) atoms. The number of hydrogen-bond acceptors (Lipinski definition) is 5. The molecule has 0 saturated heterocycles. The van der Waals surface area contributed by atoms with Crippen LogP contribution in [-0.2, 0) is 9.53 Å². The number of methoxy groups -OCH3 is 2. The smallest absolute Gasteiger partial charge is 0.329 e. The van der Waals surface area contributed by atoms with Gasteiger partial charge in [-0.25, -0.2) is 4.79 Å². The molecule has 0 spiro atoms. The molecular weight excluding hydrogens is 258 g/mol. The quantitative estimate of drug-likeness (QED) is 0.739. The van der Waals surface area contributed by atoms with Crippen molar-refractivity contribution in [1.29, 1.82) is 0 Å². The van der Waals surface area contributed by atoms with Gasteiger partial charge in [-0.05, 0) is 32.0 Å². The van der Waals surface area contributed by atoms with E-state index in [0.29, 0.717) is 18.0 Å². The number of benzene rings is 1. The molecule has 1 rings (SSSR count). The fourth-order valence-electron chi connectivity index (χ4n) is 1.77. The molecule has 1 aromatic rings. The first-order chi connectivity index (χ1) is 9.57. The summed E-state index contributed by atoms with van der Waals surface area (Å²) in [6.45, 7) is 4.68. The Morgan fingerprint density at radius 3 is 2.45 bits per heavy atom. The van der Waals surface area contributed by atoms with Crippen molar-refractivity contribution >= 4 is 5.97 Å². The van der Waals surface area contributed by atoms with E-state index in [1.165, 1.54) is 7.11 Å². The highest BCUT2D eigenvalue weighted by Crippen LogP contribution is 2.26. The minimum Gasteiger partial charge on any atom is -0.493 e. The lowest BCUT2D eigenvalue weighted by Gasteiger charge is -2.28. The Labute approximate surface area is 120 Å². The number of esters is 1. The number of ether oxygens (including phenoxy) is 3. The van der Waals surface area contributed by atoms with E-state index in [1.54, 1.807) is 20.1 Å². The highest BCUT2D eigenvalue weighted by molar-refractivity contribution is 5.80. The Morgan fingerprint density at radius 2 is 1.90 bits per heavy atom. The van der Waals surface area contributed by atoms with E-state index in [-0.39, 0.29) is 12.6 Å². The van der Waals surface area contributed by atoms with Crippen molar-refractivity contribution in [2.24, 2.45) is 0 Å². The number of carbonyl (C=O) groups is 1. The largest absolute Gasteiger partial charge is 0.493 e. The monoisotopic (exact) mass is 281 g/mol. The van der Waals surface area contributed by atoms with Gasteiger partial charge < -0.3 is 14.2 Å². The Hall–Kier alpha value is -1.75. The predicted molar refractivity (Wildman–Crippen MR) is 77.2 cm³/mol. The normalized spacial score (nSPS) is 13.4. The molecule has 0 saturated carbocycles. The SMILES string of the molecule is CCCNC(C)(COc1ccccc1OC)C(=O)OC. The Bertz CT molecular complexity index is 436. The van der Waals surface area contributed by atoms with Crippen LogP contribution in [-0.4, -0.2) is 38.9 Å². The number of hydrogen-bond donors (Lipinski definition) is 1. The maximum atomic E-state index is 11.9. The third-order valence-electron chi connectivity index (χ3n) is 2.99. The molecule has 0 aliphatic heterocycles. The molecular formula is C15H23NO4. The van der Waals surface area contributed by atoms with E-state index < -0.39 is 5.54 Å². The van der Waals surface area contributed by atoms with Crippen LogP contribution < -0.4 is 14.8 Å². The van der Waals surface area contributed by atoms with Crippen molar-refractivity contribution in [2.45, 2.75) is 25.8 Å². The third kappa shape index (κ3) is 4.13. The maximum absolute atomic E-state index is 11.9. The molecule has 1 N–H and O–H groups in total. The van der Waals surface area contributed by atoms with Gasteiger partial charge in [-0.1, -0.05) is 19.1 Å². The summed E-state index contributed by atoms with van der Waals surface area (Å²) < 4.78 is 15.8. The lowest BCUT2D eigenvalue weighted by Crippen LogP contribution is -2.54. The lowest BCUT2D eigenvalue weighted by molar-refractivity contribution is -0.149. The second-order valence-corrected chi connectivity index (χ2v) is 4.69. The molecule has 5 heteroatoms. The molecule has 0 heterocycles. The van der Waals surface area contributed by atoms with Gasteiger partial charge in [0.05, 0.1) is 14.2 Å². The fraction of sp³-hybridized carbons (Fsp3) is 0.533. The number of para-hydroxylation sites is 2. The second-order valence-electron chi connectivity index (χ2n) is 4.69. The Morgan fingerprint density at radius 1 is 1.25 bits per heavy atom. The molecule has 0 radical (unpaired) electrons. The highest BCUT2D eigenvalue weighted by atomic mass is 16.5. The minimum atomic E-state index is -0.883. The van der Waals surface area contributed by atoms with Crippen LogP contribution in [0.4, 0.5) is 0 Å². The summed E-state index contributed by atoms with van der Waals surface area (Å²) in [5.41, 5.74) is -0.883. The summed E-state index contributed by atoms with van der Waals surface area (Å²) in [5, 5.41) is 3.16. The zero-order valence-corrected chi connectivity index (χ0v) is 12.6. The maximum Gasteiger partial charge on any atom is 0.329 e. The van der Waals surface area contributed by atoms with Gasteiger partial charge >= 0.3 is 5.97 Å². The first-order valence-electron chi connectivity index (χ1n) is 6.66. The van der Waals surface area contributed by atoms with Gasteiger partial charge in [0.2, 0.25) is 0 Å². The number of nitrogens with one attached hydrogen (secondary N) is 1. The first-order valence-corrected chi connectivity index (χ1v) is 6.66. The van der Waals surface area contributed by atoms with Gasteiger partial charge in [0, 0.05) is 0 Å². The van der Waals surface area contributed by atoms with Crippen LogP contribution >= 0.6 is 0 Å². The average molecular weight is 281 g/mol. The van der Waals surface area contributed by atoms with E-state index in [1.807, 2.05) is 25.1 Å². The van der Waals surface area contributed by atoms with E-state index >= 15 is 0 Å². The molecule has 1 atom stereocenters. The fourth-order valence-corrected chi connectivity index (χ4v) is 1.77. The van der Waals surface area contributed by atoms with Crippen molar-refractivity contribution in [1.82, 2.24) is 5.32 Å². The highest BCUT2D eigenvalue weighted by Gasteiger charge is 2.35. The number of rotatable bonds is 8. The van der Waals surface area contributed by atoms with Gasteiger partial charge in [0.1, 0.15) is 12.1 Å². The molecule has 5 nitrogen and oxygen atoms in total. The van der Waals surface area contributed by atoms with E-state index in [4.69, 9.17) is 14.2 Å². The molecule has 0 aliphatic carbocycles. The molecule has 1 aromatic carbocycles. The van der Waals surface area contributed by atoms with Crippen LogP contribution in [0.1, 0.15) is 20.3 Å². The molecule has 0 aromatic heterocycles. The molecule has 0 fully saturated rings. The van der Waals surface area contributed by atoms with Crippen LogP contribution in [0.25, 0.3) is 0 Å². The molecule has 0 bridgehead atoms. The van der Waals surface area contributed by atoms with Crippen LogP contribution in [0.15, 0.2) is 24.3 Å². The van der Waals surface area contributed by atoms with E-state index in [9.17, 15) is 4.79 Å². The van der Waals surface area contributed by atoms with Gasteiger partial charge in [0.25, 0.3) is 0 Å². The molecule has 112 valence electrons. The third-order valence-corrected chi connectivity index (χ3v) is 2.99. The summed E-state index contributed by atoms with van der Waals surface area (Å²) >= 11 is 0. The zero-order chi connectivity index (χ0) is 15.0. The Kier molecular flexibility index (Phi) is 6.31. The van der Waals surface area contributed by atoms with Crippen LogP contribution in [0.5, 0.6) is 11.5 Å². The number of carbonyl (C=O) groups excluding carboxylic acids is 1. The van der Waals surface area contributed by atoms with Crippen LogP contribution in [0.2, 0.25) is 0 Å². The summed E-state index contributed by atoms with van der Waals surface area (Å²) in [4.78, 5) is 11.9. The summed E-state index contributed by atoms with van der Waals surface area (Å²) in [6.07, 6.45) is 0.918.